The molecule has 1 N–H and O–H groups in total. The normalized spacial score (nSPS) is 23.1. The predicted octanol–water partition coefficient (Wildman–Crippen LogP) is 1.54. The zero-order chi connectivity index (χ0) is 24.0. The Morgan fingerprint density at radius 3 is 2.44 bits per heavy atom. The average Bonchev–Trinajstić information content (AvgIpc) is 2.87. The average molecular weight is 473 g/mol. The number of carbonyl (C=O) groups excluding carboxylic acids is 2. The van der Waals surface area contributed by atoms with Crippen LogP contribution in [-0.4, -0.2) is 116 Å². The lowest BCUT2D eigenvalue weighted by molar-refractivity contribution is -0.133. The number of para-hydroxylation sites is 1. The van der Waals surface area contributed by atoms with E-state index >= 15 is 0 Å². The summed E-state index contributed by atoms with van der Waals surface area (Å²) in [6, 6.07) is 7.40. The highest BCUT2D eigenvalue weighted by Gasteiger charge is 2.36. The Morgan fingerprint density at radius 1 is 0.971 bits per heavy atom. The third-order valence-electron chi connectivity index (χ3n) is 7.88. The van der Waals surface area contributed by atoms with Crippen molar-refractivity contribution in [2.75, 3.05) is 79.2 Å². The van der Waals surface area contributed by atoms with Crippen molar-refractivity contribution < 1.29 is 19.4 Å². The number of aliphatic hydroxyl groups is 1. The number of hydrogen-bond donors (Lipinski definition) is 1. The first-order valence-electron chi connectivity index (χ1n) is 12.8. The van der Waals surface area contributed by atoms with Gasteiger partial charge in [-0.15, -0.1) is 0 Å². The molecule has 0 spiro atoms. The van der Waals surface area contributed by atoms with Crippen LogP contribution >= 0.6 is 0 Å². The van der Waals surface area contributed by atoms with Crippen LogP contribution in [0.2, 0.25) is 0 Å². The van der Waals surface area contributed by atoms with Crippen LogP contribution in [0.15, 0.2) is 24.3 Å². The highest BCUT2D eigenvalue weighted by atomic mass is 16.5. The summed E-state index contributed by atoms with van der Waals surface area (Å²) in [4.78, 5) is 34.8. The fourth-order valence-corrected chi connectivity index (χ4v) is 5.34. The maximum Gasteiger partial charge on any atom is 0.257 e. The summed E-state index contributed by atoms with van der Waals surface area (Å²) < 4.78 is 6.06. The van der Waals surface area contributed by atoms with Crippen LogP contribution in [0, 0.1) is 5.41 Å². The smallest absolute Gasteiger partial charge is 0.257 e. The fraction of sp³-hybridized carbons (Fsp3) is 0.692. The molecule has 0 aromatic heterocycles. The summed E-state index contributed by atoms with van der Waals surface area (Å²) in [7, 11) is 2.12. The van der Waals surface area contributed by atoms with E-state index in [2.05, 4.69) is 16.8 Å². The van der Waals surface area contributed by atoms with E-state index in [0.717, 1.165) is 58.3 Å². The molecule has 0 aliphatic carbocycles. The van der Waals surface area contributed by atoms with Gasteiger partial charge in [-0.25, -0.2) is 0 Å². The van der Waals surface area contributed by atoms with E-state index in [9.17, 15) is 14.7 Å². The number of hydrogen-bond acceptors (Lipinski definition) is 6. The van der Waals surface area contributed by atoms with Gasteiger partial charge in [0.2, 0.25) is 5.91 Å². The summed E-state index contributed by atoms with van der Waals surface area (Å²) in [5, 5.41) is 10.2. The molecular formula is C26H40N4O4. The SMILES string of the molecule is CN1CCN(CC(=O)N2CCCCC3(CO)CCN(CC3)C(=O)c3ccccc3OCC2)CC1. The minimum absolute atomic E-state index is 0.0139. The summed E-state index contributed by atoms with van der Waals surface area (Å²) in [5.74, 6) is 0.707. The van der Waals surface area contributed by atoms with Gasteiger partial charge in [-0.2, -0.15) is 0 Å². The maximum absolute atomic E-state index is 13.2. The van der Waals surface area contributed by atoms with Gasteiger partial charge in [-0.3, -0.25) is 14.5 Å². The van der Waals surface area contributed by atoms with Crippen LogP contribution in [0.5, 0.6) is 5.75 Å². The quantitative estimate of drug-likeness (QED) is 0.719. The number of amides is 2. The Bertz CT molecular complexity index is 832. The number of piperidine rings is 1. The van der Waals surface area contributed by atoms with Crippen LogP contribution < -0.4 is 4.74 Å². The zero-order valence-electron chi connectivity index (χ0n) is 20.6. The number of rotatable bonds is 3. The number of aliphatic hydroxyl groups excluding tert-OH is 1. The molecule has 1 aromatic rings. The summed E-state index contributed by atoms with van der Waals surface area (Å²) >= 11 is 0. The van der Waals surface area contributed by atoms with E-state index in [1.54, 1.807) is 0 Å². The molecule has 2 bridgehead atoms. The second-order valence-electron chi connectivity index (χ2n) is 10.2. The number of ether oxygens (including phenoxy) is 1. The highest BCUT2D eigenvalue weighted by Crippen LogP contribution is 2.37. The van der Waals surface area contributed by atoms with Gasteiger partial charge in [0.05, 0.1) is 18.7 Å². The Morgan fingerprint density at radius 2 is 1.71 bits per heavy atom. The molecule has 0 atom stereocenters. The molecule has 8 heteroatoms. The fourth-order valence-electron chi connectivity index (χ4n) is 5.34. The van der Waals surface area contributed by atoms with Gasteiger partial charge in [-0.1, -0.05) is 18.6 Å². The monoisotopic (exact) mass is 472 g/mol. The largest absolute Gasteiger partial charge is 0.491 e. The van der Waals surface area contributed by atoms with Crippen LogP contribution in [0.25, 0.3) is 0 Å². The number of likely N-dealkylation sites (N-methyl/N-ethyl adjacent to an activating group) is 1. The van der Waals surface area contributed by atoms with Gasteiger partial charge in [0, 0.05) is 52.4 Å². The molecular weight excluding hydrogens is 432 g/mol. The predicted molar refractivity (Wildman–Crippen MR) is 131 cm³/mol. The minimum Gasteiger partial charge on any atom is -0.491 e. The molecule has 0 radical (unpaired) electrons. The maximum atomic E-state index is 13.2. The van der Waals surface area contributed by atoms with Gasteiger partial charge in [0.15, 0.2) is 0 Å². The Balaban J connectivity index is 1.47. The van der Waals surface area contributed by atoms with Gasteiger partial charge >= 0.3 is 0 Å². The van der Waals surface area contributed by atoms with Crippen molar-refractivity contribution in [1.82, 2.24) is 19.6 Å². The zero-order valence-corrected chi connectivity index (χ0v) is 20.6. The summed E-state index contributed by atoms with van der Waals surface area (Å²) in [6.45, 7) is 7.28. The molecule has 4 aliphatic heterocycles. The number of carbonyl (C=O) groups is 2. The molecule has 8 nitrogen and oxygen atoms in total. The first-order valence-corrected chi connectivity index (χ1v) is 12.8. The summed E-state index contributed by atoms with van der Waals surface area (Å²) in [6.07, 6.45) is 4.43. The Labute approximate surface area is 203 Å². The second-order valence-corrected chi connectivity index (χ2v) is 10.2. The van der Waals surface area contributed by atoms with E-state index in [-0.39, 0.29) is 23.8 Å². The van der Waals surface area contributed by atoms with Crippen LogP contribution in [0.1, 0.15) is 42.5 Å². The third-order valence-corrected chi connectivity index (χ3v) is 7.88. The van der Waals surface area contributed by atoms with Crippen LogP contribution in [0.4, 0.5) is 0 Å². The van der Waals surface area contributed by atoms with E-state index in [1.807, 2.05) is 34.1 Å². The van der Waals surface area contributed by atoms with Crippen molar-refractivity contribution in [3.8, 4) is 5.75 Å². The first kappa shape index (κ1) is 24.9. The van der Waals surface area contributed by atoms with Crippen molar-refractivity contribution in [2.24, 2.45) is 5.41 Å². The second kappa shape index (κ2) is 11.5. The molecule has 4 aliphatic rings. The summed E-state index contributed by atoms with van der Waals surface area (Å²) in [5.41, 5.74) is 0.450. The van der Waals surface area contributed by atoms with Crippen LogP contribution in [-0.2, 0) is 4.79 Å². The van der Waals surface area contributed by atoms with E-state index < -0.39 is 0 Å². The minimum atomic E-state index is -0.123. The first-order chi connectivity index (χ1) is 16.5. The van der Waals surface area contributed by atoms with E-state index in [1.165, 1.54) is 0 Å². The van der Waals surface area contributed by atoms with E-state index in [0.29, 0.717) is 50.6 Å². The molecule has 1 aromatic carbocycles. The molecule has 0 unspecified atom stereocenters. The number of nitrogens with zero attached hydrogens (tertiary/aromatic N) is 4. The molecule has 188 valence electrons. The molecule has 2 fully saturated rings. The van der Waals surface area contributed by atoms with E-state index in [4.69, 9.17) is 4.74 Å². The Hall–Kier alpha value is -2.16. The van der Waals surface area contributed by atoms with Crippen molar-refractivity contribution in [2.45, 2.75) is 32.1 Å². The van der Waals surface area contributed by atoms with Crippen molar-refractivity contribution in [1.29, 1.82) is 0 Å². The number of benzene rings is 1. The lowest BCUT2D eigenvalue weighted by atomic mass is 9.75. The molecule has 2 amide bonds. The third kappa shape index (κ3) is 6.09. The molecule has 0 saturated carbocycles. The standard InChI is InChI=1S/C26H40N4O4/c1-27-14-16-28(17-15-27)20-24(32)29-11-5-4-8-26(21-31)9-12-30(13-10-26)25(33)22-6-2-3-7-23(22)34-19-18-29/h2-3,6-7,31H,4-5,8-21H2,1H3. The van der Waals surface area contributed by atoms with Gasteiger partial charge < -0.3 is 24.5 Å². The van der Waals surface area contributed by atoms with Gasteiger partial charge in [0.25, 0.3) is 5.91 Å². The molecule has 4 heterocycles. The van der Waals surface area contributed by atoms with Crippen LogP contribution in [0.3, 0.4) is 0 Å². The highest BCUT2D eigenvalue weighted by molar-refractivity contribution is 5.97. The lowest BCUT2D eigenvalue weighted by Crippen LogP contribution is -2.49. The topological polar surface area (TPSA) is 76.6 Å². The molecule has 34 heavy (non-hydrogen) atoms. The number of fused-ring (bicyclic) bond motifs is 9. The Kier molecular flexibility index (Phi) is 8.45. The van der Waals surface area contributed by atoms with Gasteiger partial charge in [0.1, 0.15) is 12.4 Å². The van der Waals surface area contributed by atoms with Crippen molar-refractivity contribution >= 4 is 11.8 Å². The van der Waals surface area contributed by atoms with Gasteiger partial charge in [-0.05, 0) is 50.3 Å². The number of piperazine rings is 1. The van der Waals surface area contributed by atoms with Crippen molar-refractivity contribution in [3.63, 3.8) is 0 Å². The molecule has 5 rings (SSSR count). The van der Waals surface area contributed by atoms with Crippen molar-refractivity contribution in [3.05, 3.63) is 29.8 Å². The molecule has 2 saturated heterocycles. The lowest BCUT2D eigenvalue weighted by Gasteiger charge is -2.41.